The number of aromatic nitrogens is 3. The summed E-state index contributed by atoms with van der Waals surface area (Å²) in [6, 6.07) is 3.01. The molecule has 0 aromatic carbocycles. The van der Waals surface area contributed by atoms with Gasteiger partial charge in [-0.05, 0) is 25.5 Å². The van der Waals surface area contributed by atoms with Crippen molar-refractivity contribution < 1.29 is 9.59 Å². The first-order valence-electron chi connectivity index (χ1n) is 7.66. The Morgan fingerprint density at radius 3 is 2.65 bits per heavy atom. The fourth-order valence-electron chi connectivity index (χ4n) is 2.08. The number of rotatable bonds is 6. The van der Waals surface area contributed by atoms with Gasteiger partial charge in [-0.3, -0.25) is 19.7 Å². The molecule has 0 fully saturated rings. The van der Waals surface area contributed by atoms with E-state index in [0.29, 0.717) is 22.4 Å². The number of nitrogens with zero attached hydrogens (tertiary/aromatic N) is 2. The molecule has 0 unspecified atom stereocenters. The highest BCUT2D eigenvalue weighted by molar-refractivity contribution is 7.14. The number of carbonyl (C=O) groups is 2. The van der Waals surface area contributed by atoms with Crippen LogP contribution in [0.2, 0.25) is 0 Å². The van der Waals surface area contributed by atoms with Crippen molar-refractivity contribution in [2.75, 3.05) is 10.6 Å². The first kappa shape index (κ1) is 18.0. The summed E-state index contributed by atoms with van der Waals surface area (Å²) in [6.07, 6.45) is 2.15. The molecule has 0 aliphatic heterocycles. The molecule has 0 bridgehead atoms. The van der Waals surface area contributed by atoms with Crippen LogP contribution in [0.25, 0.3) is 0 Å². The van der Waals surface area contributed by atoms with Gasteiger partial charge in [-0.15, -0.1) is 22.7 Å². The molecule has 0 aliphatic rings. The standard InChI is InChI=1S/C16H15N5O3S2/c1-9-7-25-15(18-9)20-12(22)5-4-10-8-26-16(19-10)21-14(24)11-3-2-6-17-13(11)23/h2-3,6-8H,4-5H2,1H3,(H,17,23)(H,18,20,22)(H,19,21,24). The van der Waals surface area contributed by atoms with Crippen molar-refractivity contribution in [3.05, 3.63) is 56.4 Å². The minimum atomic E-state index is -0.523. The van der Waals surface area contributed by atoms with E-state index < -0.39 is 11.5 Å². The van der Waals surface area contributed by atoms with Crippen molar-refractivity contribution >= 4 is 44.8 Å². The van der Waals surface area contributed by atoms with E-state index in [-0.39, 0.29) is 17.9 Å². The molecule has 0 aliphatic carbocycles. The van der Waals surface area contributed by atoms with Crippen LogP contribution in [0.4, 0.5) is 10.3 Å². The Bertz CT molecular complexity index is 991. The number of hydrogen-bond acceptors (Lipinski definition) is 7. The van der Waals surface area contributed by atoms with E-state index in [4.69, 9.17) is 0 Å². The third-order valence-electron chi connectivity index (χ3n) is 3.31. The predicted molar refractivity (Wildman–Crippen MR) is 101 cm³/mol. The minimum absolute atomic E-state index is 0.0161. The average molecular weight is 389 g/mol. The first-order valence-corrected chi connectivity index (χ1v) is 9.42. The highest BCUT2D eigenvalue weighted by atomic mass is 32.1. The van der Waals surface area contributed by atoms with Crippen LogP contribution in [-0.2, 0) is 11.2 Å². The van der Waals surface area contributed by atoms with Crippen molar-refractivity contribution in [2.45, 2.75) is 19.8 Å². The van der Waals surface area contributed by atoms with Crippen LogP contribution in [0.1, 0.15) is 28.2 Å². The Morgan fingerprint density at radius 2 is 1.92 bits per heavy atom. The summed E-state index contributed by atoms with van der Waals surface area (Å²) in [5.74, 6) is -0.668. The summed E-state index contributed by atoms with van der Waals surface area (Å²) in [5, 5.41) is 9.91. The van der Waals surface area contributed by atoms with Gasteiger partial charge in [-0.1, -0.05) is 0 Å². The van der Waals surface area contributed by atoms with Gasteiger partial charge in [0, 0.05) is 23.4 Å². The van der Waals surface area contributed by atoms with Crippen LogP contribution in [0.5, 0.6) is 0 Å². The topological polar surface area (TPSA) is 117 Å². The van der Waals surface area contributed by atoms with Gasteiger partial charge < -0.3 is 10.3 Å². The van der Waals surface area contributed by atoms with E-state index in [9.17, 15) is 14.4 Å². The lowest BCUT2D eigenvalue weighted by Crippen LogP contribution is -2.22. The fraction of sp³-hybridized carbons (Fsp3) is 0.188. The van der Waals surface area contributed by atoms with Crippen molar-refractivity contribution in [1.29, 1.82) is 0 Å². The van der Waals surface area contributed by atoms with E-state index >= 15 is 0 Å². The van der Waals surface area contributed by atoms with Gasteiger partial charge in [0.1, 0.15) is 5.56 Å². The lowest BCUT2D eigenvalue weighted by molar-refractivity contribution is -0.116. The summed E-state index contributed by atoms with van der Waals surface area (Å²) >= 11 is 2.62. The van der Waals surface area contributed by atoms with Crippen LogP contribution in [0, 0.1) is 6.92 Å². The predicted octanol–water partition coefficient (Wildman–Crippen LogP) is 2.42. The van der Waals surface area contributed by atoms with E-state index in [0.717, 1.165) is 5.69 Å². The number of thiazole rings is 2. The summed E-state index contributed by atoms with van der Waals surface area (Å²) in [5.41, 5.74) is 1.11. The highest BCUT2D eigenvalue weighted by Crippen LogP contribution is 2.18. The van der Waals surface area contributed by atoms with E-state index in [2.05, 4.69) is 25.6 Å². The molecule has 8 nitrogen and oxygen atoms in total. The molecule has 3 aromatic heterocycles. The van der Waals surface area contributed by atoms with Gasteiger partial charge in [0.15, 0.2) is 10.3 Å². The molecule has 0 atom stereocenters. The molecule has 26 heavy (non-hydrogen) atoms. The Labute approximate surface area is 156 Å². The lowest BCUT2D eigenvalue weighted by Gasteiger charge is -2.01. The second kappa shape index (κ2) is 8.02. The monoisotopic (exact) mass is 389 g/mol. The molecular weight excluding hydrogens is 374 g/mol. The Hall–Kier alpha value is -2.85. The number of amides is 2. The smallest absolute Gasteiger partial charge is 0.263 e. The Balaban J connectivity index is 1.53. The van der Waals surface area contributed by atoms with Crippen molar-refractivity contribution in [2.24, 2.45) is 0 Å². The molecule has 0 saturated carbocycles. The van der Waals surface area contributed by atoms with Crippen molar-refractivity contribution in [3.8, 4) is 0 Å². The second-order valence-electron chi connectivity index (χ2n) is 5.35. The summed E-state index contributed by atoms with van der Waals surface area (Å²) < 4.78 is 0. The second-order valence-corrected chi connectivity index (χ2v) is 7.07. The van der Waals surface area contributed by atoms with Crippen molar-refractivity contribution in [3.63, 3.8) is 0 Å². The molecule has 3 N–H and O–H groups in total. The maximum atomic E-state index is 12.1. The highest BCUT2D eigenvalue weighted by Gasteiger charge is 2.13. The molecule has 3 rings (SSSR count). The zero-order chi connectivity index (χ0) is 18.5. The van der Waals surface area contributed by atoms with Crippen LogP contribution < -0.4 is 16.2 Å². The average Bonchev–Trinajstić information content (AvgIpc) is 3.22. The number of H-pyrrole nitrogens is 1. The number of anilines is 2. The molecule has 3 aromatic rings. The number of carbonyl (C=O) groups excluding carboxylic acids is 2. The van der Waals surface area contributed by atoms with Gasteiger partial charge in [0.25, 0.3) is 11.5 Å². The number of nitrogens with one attached hydrogen (secondary N) is 3. The number of aryl methyl sites for hydroxylation is 2. The SMILES string of the molecule is Cc1csc(NC(=O)CCc2csc(NC(=O)c3ccc[nH]c3=O)n2)n1. The maximum absolute atomic E-state index is 12.1. The molecular formula is C16H15N5O3S2. The molecule has 10 heteroatoms. The zero-order valence-electron chi connectivity index (χ0n) is 13.7. The number of aromatic amines is 1. The molecule has 0 saturated heterocycles. The van der Waals surface area contributed by atoms with Gasteiger partial charge in [-0.25, -0.2) is 9.97 Å². The summed E-state index contributed by atoms with van der Waals surface area (Å²) in [6.45, 7) is 1.86. The molecule has 0 spiro atoms. The molecule has 2 amide bonds. The van der Waals surface area contributed by atoms with Gasteiger partial charge in [-0.2, -0.15) is 0 Å². The van der Waals surface area contributed by atoms with E-state index in [1.165, 1.54) is 34.9 Å². The van der Waals surface area contributed by atoms with Gasteiger partial charge in [0.2, 0.25) is 5.91 Å². The molecule has 3 heterocycles. The Kier molecular flexibility index (Phi) is 5.54. The van der Waals surface area contributed by atoms with Crippen LogP contribution in [0.15, 0.2) is 33.9 Å². The number of hydrogen-bond donors (Lipinski definition) is 3. The largest absolute Gasteiger partial charge is 0.328 e. The lowest BCUT2D eigenvalue weighted by atomic mass is 10.2. The summed E-state index contributed by atoms with van der Waals surface area (Å²) in [4.78, 5) is 46.5. The minimum Gasteiger partial charge on any atom is -0.328 e. The zero-order valence-corrected chi connectivity index (χ0v) is 15.4. The number of pyridine rings is 1. The third kappa shape index (κ3) is 4.61. The van der Waals surface area contributed by atoms with Gasteiger partial charge in [0.05, 0.1) is 11.4 Å². The maximum Gasteiger partial charge on any atom is 0.263 e. The van der Waals surface area contributed by atoms with Crippen molar-refractivity contribution in [1.82, 2.24) is 15.0 Å². The Morgan fingerprint density at radius 1 is 1.15 bits per heavy atom. The van der Waals surface area contributed by atoms with Crippen LogP contribution in [0.3, 0.4) is 0 Å². The fourth-order valence-corrected chi connectivity index (χ4v) is 3.52. The van der Waals surface area contributed by atoms with Gasteiger partial charge >= 0.3 is 0 Å². The van der Waals surface area contributed by atoms with Crippen LogP contribution in [-0.4, -0.2) is 26.8 Å². The first-order chi connectivity index (χ1) is 12.5. The van der Waals surface area contributed by atoms with Crippen LogP contribution >= 0.6 is 22.7 Å². The third-order valence-corrected chi connectivity index (χ3v) is 4.99. The van der Waals surface area contributed by atoms with E-state index in [1.54, 1.807) is 11.4 Å². The quantitative estimate of drug-likeness (QED) is 0.599. The molecule has 134 valence electrons. The summed E-state index contributed by atoms with van der Waals surface area (Å²) in [7, 11) is 0. The normalized spacial score (nSPS) is 10.5. The van der Waals surface area contributed by atoms with E-state index in [1.807, 2.05) is 12.3 Å². The molecule has 0 radical (unpaired) electrons.